The Labute approximate surface area is 160 Å². The van der Waals surface area contributed by atoms with E-state index in [1.807, 2.05) is 11.4 Å². The summed E-state index contributed by atoms with van der Waals surface area (Å²) in [5.74, 6) is -0.402. The maximum Gasteiger partial charge on any atom is 0.270 e. The van der Waals surface area contributed by atoms with Gasteiger partial charge in [-0.15, -0.1) is 11.3 Å². The minimum Gasteiger partial charge on any atom is -0.379 e. The molecule has 0 aliphatic carbocycles. The van der Waals surface area contributed by atoms with Gasteiger partial charge in [0.15, 0.2) is 0 Å². The zero-order valence-electron chi connectivity index (χ0n) is 14.7. The molecule has 3 aromatic heterocycles. The molecule has 1 fully saturated rings. The van der Waals surface area contributed by atoms with Crippen molar-refractivity contribution in [3.8, 4) is 0 Å². The molecule has 0 saturated carbocycles. The van der Waals surface area contributed by atoms with Crippen LogP contribution in [0.5, 0.6) is 0 Å². The third kappa shape index (κ3) is 3.78. The topological polar surface area (TPSA) is 75.9 Å². The molecular formula is C19H20N4O3S. The van der Waals surface area contributed by atoms with Crippen molar-refractivity contribution in [3.05, 3.63) is 68.9 Å². The van der Waals surface area contributed by atoms with Crippen molar-refractivity contribution in [3.63, 3.8) is 0 Å². The predicted octanol–water partition coefficient (Wildman–Crippen LogP) is 1.56. The van der Waals surface area contributed by atoms with E-state index in [1.165, 1.54) is 15.5 Å². The van der Waals surface area contributed by atoms with Gasteiger partial charge in [-0.05, 0) is 23.6 Å². The number of fused-ring (bicyclic) bond motifs is 1. The Balaban J connectivity index is 1.53. The first-order valence-corrected chi connectivity index (χ1v) is 9.72. The van der Waals surface area contributed by atoms with Crippen molar-refractivity contribution >= 4 is 22.9 Å². The van der Waals surface area contributed by atoms with Gasteiger partial charge in [0.2, 0.25) is 0 Å². The minimum absolute atomic E-state index is 0.0469. The number of carbonyl (C=O) groups excluding carboxylic acids is 1. The van der Waals surface area contributed by atoms with E-state index in [9.17, 15) is 9.59 Å². The number of morpholine rings is 1. The van der Waals surface area contributed by atoms with Gasteiger partial charge in [0.25, 0.3) is 11.5 Å². The van der Waals surface area contributed by atoms with Crippen molar-refractivity contribution in [2.75, 3.05) is 32.8 Å². The summed E-state index contributed by atoms with van der Waals surface area (Å²) < 4.78 is 6.82. The van der Waals surface area contributed by atoms with Crippen LogP contribution in [-0.4, -0.2) is 53.0 Å². The number of pyridine rings is 1. The van der Waals surface area contributed by atoms with Gasteiger partial charge in [0.1, 0.15) is 11.2 Å². The normalized spacial score (nSPS) is 16.3. The van der Waals surface area contributed by atoms with Crippen LogP contribution < -0.4 is 10.9 Å². The Morgan fingerprint density at radius 3 is 2.89 bits per heavy atom. The average molecular weight is 384 g/mol. The summed E-state index contributed by atoms with van der Waals surface area (Å²) in [4.78, 5) is 32.9. The van der Waals surface area contributed by atoms with Crippen molar-refractivity contribution in [1.29, 1.82) is 0 Å². The molecule has 140 valence electrons. The lowest BCUT2D eigenvalue weighted by atomic mass is 10.1. The van der Waals surface area contributed by atoms with Crippen molar-refractivity contribution in [2.45, 2.75) is 6.04 Å². The van der Waals surface area contributed by atoms with Crippen molar-refractivity contribution < 1.29 is 9.53 Å². The summed E-state index contributed by atoms with van der Waals surface area (Å²) in [6, 6.07) is 9.42. The number of nitrogens with zero attached hydrogens (tertiary/aromatic N) is 3. The zero-order valence-corrected chi connectivity index (χ0v) is 15.5. The average Bonchev–Trinajstić information content (AvgIpc) is 3.24. The maximum absolute atomic E-state index is 12.7. The highest BCUT2D eigenvalue weighted by atomic mass is 32.1. The number of carbonyl (C=O) groups is 1. The van der Waals surface area contributed by atoms with Crippen molar-refractivity contribution in [1.82, 2.24) is 19.6 Å². The number of hydrogen-bond donors (Lipinski definition) is 1. The number of thiophene rings is 1. The molecule has 0 radical (unpaired) electrons. The lowest BCUT2D eigenvalue weighted by Gasteiger charge is -2.34. The van der Waals surface area contributed by atoms with E-state index in [-0.39, 0.29) is 17.2 Å². The molecule has 0 spiro atoms. The van der Waals surface area contributed by atoms with Gasteiger partial charge in [0.05, 0.1) is 19.3 Å². The van der Waals surface area contributed by atoms with Crippen LogP contribution in [0.2, 0.25) is 0 Å². The lowest BCUT2D eigenvalue weighted by molar-refractivity contribution is 0.0169. The number of hydrogen-bond acceptors (Lipinski definition) is 6. The molecule has 4 rings (SSSR count). The molecule has 1 aliphatic heterocycles. The summed E-state index contributed by atoms with van der Waals surface area (Å²) in [5, 5.41) is 4.95. The third-order valence-electron chi connectivity index (χ3n) is 4.67. The summed E-state index contributed by atoms with van der Waals surface area (Å²) >= 11 is 1.67. The second kappa shape index (κ2) is 7.99. The molecule has 1 aliphatic rings. The van der Waals surface area contributed by atoms with Crippen LogP contribution in [0.3, 0.4) is 0 Å². The van der Waals surface area contributed by atoms with Gasteiger partial charge < -0.3 is 10.1 Å². The minimum atomic E-state index is -0.402. The van der Waals surface area contributed by atoms with Crippen LogP contribution in [0.15, 0.2) is 52.9 Å². The molecule has 3 aromatic rings. The summed E-state index contributed by atoms with van der Waals surface area (Å²) in [6.45, 7) is 3.44. The van der Waals surface area contributed by atoms with E-state index in [2.05, 4.69) is 21.3 Å². The molecule has 1 amide bonds. The van der Waals surface area contributed by atoms with Gasteiger partial charge >= 0.3 is 0 Å². The Bertz CT molecular complexity index is 980. The molecule has 4 heterocycles. The Morgan fingerprint density at radius 1 is 1.26 bits per heavy atom. The summed E-state index contributed by atoms with van der Waals surface area (Å²) in [5.41, 5.74) is 0.201. The van der Waals surface area contributed by atoms with E-state index in [4.69, 9.17) is 4.74 Å². The fourth-order valence-electron chi connectivity index (χ4n) is 3.25. The van der Waals surface area contributed by atoms with Crippen LogP contribution in [0, 0.1) is 0 Å². The van der Waals surface area contributed by atoms with E-state index in [0.29, 0.717) is 25.4 Å². The Hall–Kier alpha value is -2.55. The monoisotopic (exact) mass is 384 g/mol. The zero-order chi connectivity index (χ0) is 18.6. The molecular weight excluding hydrogens is 364 g/mol. The molecule has 27 heavy (non-hydrogen) atoms. The van der Waals surface area contributed by atoms with Crippen LogP contribution in [-0.2, 0) is 4.74 Å². The largest absolute Gasteiger partial charge is 0.379 e. The molecule has 1 saturated heterocycles. The van der Waals surface area contributed by atoms with E-state index in [0.717, 1.165) is 13.1 Å². The molecule has 0 unspecified atom stereocenters. The Morgan fingerprint density at radius 2 is 2.11 bits per heavy atom. The second-order valence-corrected chi connectivity index (χ2v) is 7.27. The van der Waals surface area contributed by atoms with Crippen LogP contribution in [0.25, 0.3) is 5.65 Å². The molecule has 0 bridgehead atoms. The second-order valence-electron chi connectivity index (χ2n) is 6.30. The fraction of sp³-hybridized carbons (Fsp3) is 0.316. The SMILES string of the molecule is O=C(NC[C@H](c1cccs1)N1CCOCC1)c1cnc2ccccn2c1=O. The molecule has 1 atom stereocenters. The molecule has 8 heteroatoms. The maximum atomic E-state index is 12.7. The highest BCUT2D eigenvalue weighted by Gasteiger charge is 2.24. The van der Waals surface area contributed by atoms with Gasteiger partial charge in [-0.25, -0.2) is 4.98 Å². The van der Waals surface area contributed by atoms with Crippen LogP contribution in [0.4, 0.5) is 0 Å². The first-order valence-electron chi connectivity index (χ1n) is 8.84. The fourth-order valence-corrected chi connectivity index (χ4v) is 4.11. The van der Waals surface area contributed by atoms with Crippen molar-refractivity contribution in [2.24, 2.45) is 0 Å². The first kappa shape index (κ1) is 17.8. The molecule has 7 nitrogen and oxygen atoms in total. The van der Waals surface area contributed by atoms with E-state index in [1.54, 1.807) is 35.7 Å². The van der Waals surface area contributed by atoms with E-state index >= 15 is 0 Å². The predicted molar refractivity (Wildman–Crippen MR) is 103 cm³/mol. The molecule has 0 aromatic carbocycles. The lowest BCUT2D eigenvalue weighted by Crippen LogP contribution is -2.44. The number of ether oxygens (including phenoxy) is 1. The number of rotatable bonds is 5. The standard InChI is InChI=1S/C19H20N4O3S/c24-18(14-12-20-17-5-1-2-6-23(17)19(14)25)21-13-15(16-4-3-11-27-16)22-7-9-26-10-8-22/h1-6,11-12,15H,7-10,13H2,(H,21,24)/t15-/m1/s1. The van der Waals surface area contributed by atoms with Gasteiger partial charge in [-0.2, -0.15) is 0 Å². The highest BCUT2D eigenvalue weighted by molar-refractivity contribution is 7.10. The Kier molecular flexibility index (Phi) is 5.28. The number of amides is 1. The van der Waals surface area contributed by atoms with Crippen LogP contribution in [0.1, 0.15) is 21.3 Å². The smallest absolute Gasteiger partial charge is 0.270 e. The first-order chi connectivity index (χ1) is 13.2. The quantitative estimate of drug-likeness (QED) is 0.723. The van der Waals surface area contributed by atoms with E-state index < -0.39 is 5.91 Å². The molecule has 1 N–H and O–H groups in total. The van der Waals surface area contributed by atoms with Crippen LogP contribution >= 0.6 is 11.3 Å². The third-order valence-corrected chi connectivity index (χ3v) is 5.65. The summed E-state index contributed by atoms with van der Waals surface area (Å²) in [7, 11) is 0. The van der Waals surface area contributed by atoms with Gasteiger partial charge in [0, 0.05) is 36.9 Å². The highest BCUT2D eigenvalue weighted by Crippen LogP contribution is 2.25. The van der Waals surface area contributed by atoms with Gasteiger partial charge in [-0.1, -0.05) is 12.1 Å². The summed E-state index contributed by atoms with van der Waals surface area (Å²) in [6.07, 6.45) is 2.96. The number of aromatic nitrogens is 2. The van der Waals surface area contributed by atoms with Gasteiger partial charge in [-0.3, -0.25) is 18.9 Å². The number of nitrogens with one attached hydrogen (secondary N) is 1.